The van der Waals surface area contributed by atoms with Gasteiger partial charge < -0.3 is 15.1 Å². The number of rotatable bonds is 5. The minimum Gasteiger partial charge on any atom is -0.352 e. The Morgan fingerprint density at radius 1 is 0.966 bits per heavy atom. The van der Waals surface area contributed by atoms with Crippen molar-refractivity contribution in [2.45, 2.75) is 13.1 Å². The van der Waals surface area contributed by atoms with Crippen LogP contribution in [0.1, 0.15) is 11.1 Å². The summed E-state index contributed by atoms with van der Waals surface area (Å²) in [7, 11) is 1.84. The number of nitrogens with one attached hydrogen (secondary N) is 1. The fourth-order valence-corrected chi connectivity index (χ4v) is 3.53. The fourth-order valence-electron chi connectivity index (χ4n) is 3.53. The average molecular weight is 390 g/mol. The van der Waals surface area contributed by atoms with E-state index in [1.165, 1.54) is 11.1 Å². The summed E-state index contributed by atoms with van der Waals surface area (Å²) in [6, 6.07) is 12.2. The number of guanidine groups is 1. The van der Waals surface area contributed by atoms with Crippen LogP contribution < -0.4 is 10.2 Å². The van der Waals surface area contributed by atoms with Crippen LogP contribution in [-0.4, -0.2) is 63.8 Å². The highest BCUT2D eigenvalue weighted by atomic mass is 15.4. The van der Waals surface area contributed by atoms with Gasteiger partial charge >= 0.3 is 0 Å². The molecule has 0 spiro atoms. The molecular formula is C21H26N8. The van der Waals surface area contributed by atoms with Gasteiger partial charge in [-0.2, -0.15) is 5.10 Å². The second-order valence-electron chi connectivity index (χ2n) is 6.90. The number of nitrogens with zero attached hydrogens (tertiary/aromatic N) is 7. The van der Waals surface area contributed by atoms with Gasteiger partial charge in [0, 0.05) is 64.6 Å². The maximum Gasteiger partial charge on any atom is 0.225 e. The van der Waals surface area contributed by atoms with Gasteiger partial charge in [0.1, 0.15) is 0 Å². The van der Waals surface area contributed by atoms with E-state index in [4.69, 9.17) is 0 Å². The molecule has 0 aliphatic carbocycles. The molecule has 4 rings (SSSR count). The number of hydrogen-bond acceptors (Lipinski definition) is 5. The van der Waals surface area contributed by atoms with E-state index in [0.29, 0.717) is 0 Å². The second-order valence-corrected chi connectivity index (χ2v) is 6.90. The van der Waals surface area contributed by atoms with Crippen LogP contribution in [-0.2, 0) is 13.1 Å². The molecule has 0 unspecified atom stereocenters. The molecule has 1 saturated heterocycles. The van der Waals surface area contributed by atoms with Crippen LogP contribution in [0.15, 0.2) is 66.2 Å². The zero-order valence-corrected chi connectivity index (χ0v) is 16.6. The first-order valence-corrected chi connectivity index (χ1v) is 9.85. The summed E-state index contributed by atoms with van der Waals surface area (Å²) < 4.78 is 1.94. The van der Waals surface area contributed by atoms with E-state index in [9.17, 15) is 0 Å². The zero-order chi connectivity index (χ0) is 19.9. The lowest BCUT2D eigenvalue weighted by Gasteiger charge is -2.36. The Labute approximate surface area is 170 Å². The summed E-state index contributed by atoms with van der Waals surface area (Å²) in [5, 5.41) is 7.85. The molecule has 1 fully saturated rings. The molecule has 8 heteroatoms. The first-order chi connectivity index (χ1) is 14.3. The van der Waals surface area contributed by atoms with Gasteiger partial charge in [0.05, 0.1) is 6.54 Å². The van der Waals surface area contributed by atoms with Gasteiger partial charge in [-0.1, -0.05) is 24.3 Å². The van der Waals surface area contributed by atoms with E-state index in [2.05, 4.69) is 59.4 Å². The van der Waals surface area contributed by atoms with Gasteiger partial charge in [-0.3, -0.25) is 9.67 Å². The molecule has 0 radical (unpaired) electrons. The third kappa shape index (κ3) is 4.71. The molecule has 0 bridgehead atoms. The van der Waals surface area contributed by atoms with Gasteiger partial charge in [-0.15, -0.1) is 0 Å². The summed E-state index contributed by atoms with van der Waals surface area (Å²) in [5.41, 5.74) is 2.51. The van der Waals surface area contributed by atoms with Crippen LogP contribution in [0, 0.1) is 0 Å². The summed E-state index contributed by atoms with van der Waals surface area (Å²) in [4.78, 5) is 17.7. The maximum atomic E-state index is 4.49. The summed E-state index contributed by atoms with van der Waals surface area (Å²) in [5.74, 6) is 1.72. The number of aliphatic imine (C=N–C) groups is 1. The summed E-state index contributed by atoms with van der Waals surface area (Å²) in [6.07, 6.45) is 7.37. The smallest absolute Gasteiger partial charge is 0.225 e. The average Bonchev–Trinajstić information content (AvgIpc) is 3.29. The summed E-state index contributed by atoms with van der Waals surface area (Å²) >= 11 is 0. The van der Waals surface area contributed by atoms with E-state index in [1.54, 1.807) is 12.4 Å². The first kappa shape index (κ1) is 18.9. The lowest BCUT2D eigenvalue weighted by molar-refractivity contribution is 0.370. The molecule has 3 aromatic rings. The molecule has 0 amide bonds. The van der Waals surface area contributed by atoms with Gasteiger partial charge in [-0.05, 0) is 23.3 Å². The van der Waals surface area contributed by atoms with Crippen LogP contribution >= 0.6 is 0 Å². The largest absolute Gasteiger partial charge is 0.352 e. The molecule has 0 saturated carbocycles. The van der Waals surface area contributed by atoms with E-state index in [-0.39, 0.29) is 0 Å². The fraction of sp³-hybridized carbons (Fsp3) is 0.333. The van der Waals surface area contributed by atoms with Crippen LogP contribution in [0.2, 0.25) is 0 Å². The van der Waals surface area contributed by atoms with Gasteiger partial charge in [0.15, 0.2) is 5.96 Å². The van der Waals surface area contributed by atoms with Crippen molar-refractivity contribution in [2.75, 3.05) is 38.1 Å². The minimum absolute atomic E-state index is 0.728. The maximum absolute atomic E-state index is 4.49. The van der Waals surface area contributed by atoms with Gasteiger partial charge in [0.2, 0.25) is 5.95 Å². The lowest BCUT2D eigenvalue weighted by atomic mass is 10.1. The minimum atomic E-state index is 0.728. The van der Waals surface area contributed by atoms with Crippen molar-refractivity contribution < 1.29 is 0 Å². The third-order valence-corrected chi connectivity index (χ3v) is 5.07. The molecule has 1 aliphatic heterocycles. The quantitative estimate of drug-likeness (QED) is 0.527. The molecule has 29 heavy (non-hydrogen) atoms. The van der Waals surface area contributed by atoms with Crippen LogP contribution in [0.5, 0.6) is 0 Å². The van der Waals surface area contributed by atoms with E-state index >= 15 is 0 Å². The van der Waals surface area contributed by atoms with E-state index in [0.717, 1.165) is 51.2 Å². The summed E-state index contributed by atoms with van der Waals surface area (Å²) in [6.45, 7) is 5.01. The highest BCUT2D eigenvalue weighted by Gasteiger charge is 2.21. The Balaban J connectivity index is 1.35. The molecule has 8 nitrogen and oxygen atoms in total. The third-order valence-electron chi connectivity index (χ3n) is 5.07. The molecular weight excluding hydrogens is 364 g/mol. The Morgan fingerprint density at radius 2 is 1.72 bits per heavy atom. The number of piperazine rings is 1. The molecule has 150 valence electrons. The van der Waals surface area contributed by atoms with Crippen molar-refractivity contribution in [1.29, 1.82) is 0 Å². The Morgan fingerprint density at radius 3 is 2.41 bits per heavy atom. The van der Waals surface area contributed by atoms with Crippen molar-refractivity contribution in [1.82, 2.24) is 30.0 Å². The monoisotopic (exact) mass is 390 g/mol. The van der Waals surface area contributed by atoms with Crippen molar-refractivity contribution in [3.05, 3.63) is 72.3 Å². The number of aromatic nitrogens is 4. The SMILES string of the molecule is CN=C(NCc1ccccc1Cn1cccn1)N1CCN(c2ncccn2)CC1. The van der Waals surface area contributed by atoms with Crippen molar-refractivity contribution in [3.8, 4) is 0 Å². The standard InChI is InChI=1S/C21H26N8/c1-22-20(27-12-14-28(15-13-27)21-23-8-4-9-24-21)25-16-18-6-2-3-7-19(18)17-29-11-5-10-26-29/h2-11H,12-17H2,1H3,(H,22,25). The normalized spacial score (nSPS) is 14.9. The molecule has 2 aromatic heterocycles. The molecule has 1 aliphatic rings. The predicted octanol–water partition coefficient (Wildman–Crippen LogP) is 1.62. The van der Waals surface area contributed by atoms with Crippen molar-refractivity contribution >= 4 is 11.9 Å². The van der Waals surface area contributed by atoms with Crippen LogP contribution in [0.3, 0.4) is 0 Å². The zero-order valence-electron chi connectivity index (χ0n) is 16.6. The number of benzene rings is 1. The second kappa shape index (κ2) is 9.18. The van der Waals surface area contributed by atoms with Gasteiger partial charge in [-0.25, -0.2) is 9.97 Å². The molecule has 1 aromatic carbocycles. The predicted molar refractivity (Wildman–Crippen MR) is 114 cm³/mol. The van der Waals surface area contributed by atoms with Crippen molar-refractivity contribution in [2.24, 2.45) is 4.99 Å². The number of hydrogen-bond donors (Lipinski definition) is 1. The van der Waals surface area contributed by atoms with E-state index in [1.807, 2.05) is 36.3 Å². The molecule has 0 atom stereocenters. The lowest BCUT2D eigenvalue weighted by Crippen LogP contribution is -2.52. The van der Waals surface area contributed by atoms with Crippen molar-refractivity contribution in [3.63, 3.8) is 0 Å². The molecule has 3 heterocycles. The first-order valence-electron chi connectivity index (χ1n) is 9.85. The topological polar surface area (TPSA) is 74.5 Å². The van der Waals surface area contributed by atoms with Crippen LogP contribution in [0.25, 0.3) is 0 Å². The Hall–Kier alpha value is -3.42. The van der Waals surface area contributed by atoms with Crippen LogP contribution in [0.4, 0.5) is 5.95 Å². The Bertz CT molecular complexity index is 915. The Kier molecular flexibility index (Phi) is 5.99. The van der Waals surface area contributed by atoms with E-state index < -0.39 is 0 Å². The number of anilines is 1. The highest BCUT2D eigenvalue weighted by molar-refractivity contribution is 5.80. The highest BCUT2D eigenvalue weighted by Crippen LogP contribution is 2.12. The van der Waals surface area contributed by atoms with Gasteiger partial charge in [0.25, 0.3) is 0 Å². The molecule has 1 N–H and O–H groups in total.